The molecule has 0 aromatic rings. The molecule has 12 heavy (non-hydrogen) atoms. The van der Waals surface area contributed by atoms with Crippen LogP contribution in [0.1, 0.15) is 12.8 Å². The molecule has 1 rings (SSSR count). The van der Waals surface area contributed by atoms with Gasteiger partial charge in [0.15, 0.2) is 0 Å². The number of rotatable bonds is 2. The van der Waals surface area contributed by atoms with Gasteiger partial charge in [0.1, 0.15) is 0 Å². The number of carbonyl (C=O) groups is 1. The molecular weight excluding hydrogens is 152 g/mol. The van der Waals surface area contributed by atoms with Crippen molar-refractivity contribution >= 4 is 6.03 Å². The Morgan fingerprint density at radius 2 is 2.17 bits per heavy atom. The number of urea groups is 1. The highest BCUT2D eigenvalue weighted by molar-refractivity contribution is 5.74. The van der Waals surface area contributed by atoms with Crippen LogP contribution in [0.2, 0.25) is 0 Å². The first-order valence-electron chi connectivity index (χ1n) is 4.36. The zero-order valence-electron chi connectivity index (χ0n) is 7.62. The highest BCUT2D eigenvalue weighted by atomic mass is 16.2. The van der Waals surface area contributed by atoms with Crippen molar-refractivity contribution in [1.29, 1.82) is 0 Å². The van der Waals surface area contributed by atoms with Crippen LogP contribution in [-0.4, -0.2) is 42.5 Å². The SMILES string of the molecule is C=CCN(C)C(=O)N1CCCC1. The van der Waals surface area contributed by atoms with E-state index in [4.69, 9.17) is 0 Å². The van der Waals surface area contributed by atoms with Gasteiger partial charge in [-0.1, -0.05) is 6.08 Å². The molecule has 0 bridgehead atoms. The lowest BCUT2D eigenvalue weighted by molar-refractivity contribution is 0.177. The number of likely N-dealkylation sites (N-methyl/N-ethyl adjacent to an activating group) is 1. The molecule has 0 spiro atoms. The van der Waals surface area contributed by atoms with Gasteiger partial charge < -0.3 is 9.80 Å². The lowest BCUT2D eigenvalue weighted by Crippen LogP contribution is -2.39. The van der Waals surface area contributed by atoms with Gasteiger partial charge in [0.2, 0.25) is 0 Å². The minimum absolute atomic E-state index is 0.132. The van der Waals surface area contributed by atoms with E-state index in [-0.39, 0.29) is 6.03 Å². The summed E-state index contributed by atoms with van der Waals surface area (Å²) in [6.07, 6.45) is 4.04. The highest BCUT2D eigenvalue weighted by Gasteiger charge is 2.19. The molecule has 68 valence electrons. The van der Waals surface area contributed by atoms with Crippen LogP contribution in [0.3, 0.4) is 0 Å². The predicted molar refractivity (Wildman–Crippen MR) is 49.0 cm³/mol. The second-order valence-electron chi connectivity index (χ2n) is 3.15. The molecule has 0 aliphatic carbocycles. The van der Waals surface area contributed by atoms with Gasteiger partial charge >= 0.3 is 6.03 Å². The van der Waals surface area contributed by atoms with E-state index in [0.717, 1.165) is 25.9 Å². The van der Waals surface area contributed by atoms with Crippen LogP contribution in [0.5, 0.6) is 0 Å². The molecule has 0 aromatic carbocycles. The third-order valence-electron chi connectivity index (χ3n) is 2.11. The number of amides is 2. The summed E-state index contributed by atoms with van der Waals surface area (Å²) in [6, 6.07) is 0.132. The van der Waals surface area contributed by atoms with Gasteiger partial charge in [-0.25, -0.2) is 4.79 Å². The van der Waals surface area contributed by atoms with Crippen LogP contribution in [-0.2, 0) is 0 Å². The molecule has 1 aliphatic heterocycles. The summed E-state index contributed by atoms with van der Waals surface area (Å²) in [6.45, 7) is 6.07. The van der Waals surface area contributed by atoms with Crippen molar-refractivity contribution in [3.8, 4) is 0 Å². The summed E-state index contributed by atoms with van der Waals surface area (Å²) in [7, 11) is 1.81. The van der Waals surface area contributed by atoms with E-state index >= 15 is 0 Å². The number of carbonyl (C=O) groups excluding carboxylic acids is 1. The summed E-state index contributed by atoms with van der Waals surface area (Å²) in [5.41, 5.74) is 0. The normalized spacial score (nSPS) is 16.2. The van der Waals surface area contributed by atoms with E-state index in [1.54, 1.807) is 11.0 Å². The standard InChI is InChI=1S/C9H16N2O/c1-3-6-10(2)9(12)11-7-4-5-8-11/h3H,1,4-8H2,2H3. The molecule has 1 heterocycles. The van der Waals surface area contributed by atoms with Crippen molar-refractivity contribution in [2.45, 2.75) is 12.8 Å². The zero-order chi connectivity index (χ0) is 8.97. The van der Waals surface area contributed by atoms with Crippen molar-refractivity contribution in [2.75, 3.05) is 26.7 Å². The second-order valence-corrected chi connectivity index (χ2v) is 3.15. The maximum atomic E-state index is 11.5. The lowest BCUT2D eigenvalue weighted by atomic mass is 10.4. The monoisotopic (exact) mass is 168 g/mol. The first-order chi connectivity index (χ1) is 5.75. The first-order valence-corrected chi connectivity index (χ1v) is 4.36. The summed E-state index contributed by atoms with van der Waals surface area (Å²) < 4.78 is 0. The van der Waals surface area contributed by atoms with Gasteiger partial charge in [-0.2, -0.15) is 0 Å². The van der Waals surface area contributed by atoms with Crippen molar-refractivity contribution in [2.24, 2.45) is 0 Å². The molecule has 0 N–H and O–H groups in total. The smallest absolute Gasteiger partial charge is 0.320 e. The molecule has 3 heteroatoms. The van der Waals surface area contributed by atoms with Crippen molar-refractivity contribution in [3.63, 3.8) is 0 Å². The Kier molecular flexibility index (Phi) is 3.14. The van der Waals surface area contributed by atoms with E-state index in [1.807, 2.05) is 11.9 Å². The van der Waals surface area contributed by atoms with Gasteiger partial charge in [-0.3, -0.25) is 0 Å². The van der Waals surface area contributed by atoms with Gasteiger partial charge in [0.25, 0.3) is 0 Å². The Labute approximate surface area is 73.6 Å². The zero-order valence-corrected chi connectivity index (χ0v) is 7.62. The largest absolute Gasteiger partial charge is 0.325 e. The summed E-state index contributed by atoms with van der Waals surface area (Å²) in [4.78, 5) is 15.1. The molecule has 0 aromatic heterocycles. The van der Waals surface area contributed by atoms with Gasteiger partial charge in [0, 0.05) is 26.7 Å². The fraction of sp³-hybridized carbons (Fsp3) is 0.667. The number of nitrogens with zero attached hydrogens (tertiary/aromatic N) is 2. The van der Waals surface area contributed by atoms with Crippen molar-refractivity contribution < 1.29 is 4.79 Å². The Hall–Kier alpha value is -0.990. The third-order valence-corrected chi connectivity index (χ3v) is 2.11. The Balaban J connectivity index is 2.39. The Bertz CT molecular complexity index is 173. The maximum Gasteiger partial charge on any atom is 0.320 e. The van der Waals surface area contributed by atoms with Crippen LogP contribution in [0, 0.1) is 0 Å². The van der Waals surface area contributed by atoms with E-state index in [2.05, 4.69) is 6.58 Å². The van der Waals surface area contributed by atoms with Crippen LogP contribution in [0.15, 0.2) is 12.7 Å². The topological polar surface area (TPSA) is 23.6 Å². The molecule has 1 aliphatic rings. The minimum Gasteiger partial charge on any atom is -0.325 e. The average Bonchev–Trinajstić information content (AvgIpc) is 2.55. The predicted octanol–water partition coefficient (Wildman–Crippen LogP) is 1.32. The maximum absolute atomic E-state index is 11.5. The molecule has 0 saturated carbocycles. The quantitative estimate of drug-likeness (QED) is 0.570. The lowest BCUT2D eigenvalue weighted by Gasteiger charge is -2.22. The van der Waals surface area contributed by atoms with E-state index in [9.17, 15) is 4.79 Å². The van der Waals surface area contributed by atoms with Crippen LogP contribution >= 0.6 is 0 Å². The number of likely N-dealkylation sites (tertiary alicyclic amines) is 1. The fourth-order valence-electron chi connectivity index (χ4n) is 1.42. The number of hydrogen-bond donors (Lipinski definition) is 0. The summed E-state index contributed by atoms with van der Waals surface area (Å²) in [5, 5.41) is 0. The van der Waals surface area contributed by atoms with E-state index in [0.29, 0.717) is 6.54 Å². The summed E-state index contributed by atoms with van der Waals surface area (Å²) in [5.74, 6) is 0. The second kappa shape index (κ2) is 4.14. The third kappa shape index (κ3) is 2.00. The molecule has 0 radical (unpaired) electrons. The van der Waals surface area contributed by atoms with Gasteiger partial charge in [-0.15, -0.1) is 6.58 Å². The molecule has 1 saturated heterocycles. The van der Waals surface area contributed by atoms with Crippen LogP contribution in [0.25, 0.3) is 0 Å². The Morgan fingerprint density at radius 1 is 1.58 bits per heavy atom. The minimum atomic E-state index is 0.132. The molecule has 2 amide bonds. The van der Waals surface area contributed by atoms with Gasteiger partial charge in [-0.05, 0) is 12.8 Å². The van der Waals surface area contributed by atoms with Crippen LogP contribution in [0.4, 0.5) is 4.79 Å². The van der Waals surface area contributed by atoms with Crippen molar-refractivity contribution in [1.82, 2.24) is 9.80 Å². The van der Waals surface area contributed by atoms with E-state index in [1.165, 1.54) is 0 Å². The first kappa shape index (κ1) is 9.10. The average molecular weight is 168 g/mol. The molecule has 0 unspecified atom stereocenters. The van der Waals surface area contributed by atoms with Crippen LogP contribution < -0.4 is 0 Å². The molecule has 3 nitrogen and oxygen atoms in total. The summed E-state index contributed by atoms with van der Waals surface area (Å²) >= 11 is 0. The van der Waals surface area contributed by atoms with E-state index < -0.39 is 0 Å². The highest BCUT2D eigenvalue weighted by Crippen LogP contribution is 2.09. The molecule has 1 fully saturated rings. The fourth-order valence-corrected chi connectivity index (χ4v) is 1.42. The Morgan fingerprint density at radius 3 is 2.67 bits per heavy atom. The van der Waals surface area contributed by atoms with Gasteiger partial charge in [0.05, 0.1) is 0 Å². The number of hydrogen-bond acceptors (Lipinski definition) is 1. The molecular formula is C9H16N2O. The molecule has 0 atom stereocenters. The van der Waals surface area contributed by atoms with Crippen molar-refractivity contribution in [3.05, 3.63) is 12.7 Å².